The predicted octanol–water partition coefficient (Wildman–Crippen LogP) is 3.43. The van der Waals surface area contributed by atoms with E-state index in [0.29, 0.717) is 13.1 Å². The van der Waals surface area contributed by atoms with Gasteiger partial charge in [0.2, 0.25) is 5.91 Å². The highest BCUT2D eigenvalue weighted by molar-refractivity contribution is 8.02. The molecule has 3 atom stereocenters. The van der Waals surface area contributed by atoms with Crippen molar-refractivity contribution in [2.24, 2.45) is 5.92 Å². The summed E-state index contributed by atoms with van der Waals surface area (Å²) in [5, 5.41) is 12.3. The van der Waals surface area contributed by atoms with Crippen LogP contribution in [0, 0.1) is 17.2 Å². The molecule has 1 fully saturated rings. The fourth-order valence-corrected chi connectivity index (χ4v) is 4.89. The Balaban J connectivity index is 2.12. The van der Waals surface area contributed by atoms with Gasteiger partial charge in [0.05, 0.1) is 12.7 Å². The van der Waals surface area contributed by atoms with Crippen LogP contribution in [0.4, 0.5) is 5.69 Å². The van der Waals surface area contributed by atoms with E-state index in [4.69, 9.17) is 4.74 Å². The fourth-order valence-electron chi connectivity index (χ4n) is 3.30. The summed E-state index contributed by atoms with van der Waals surface area (Å²) in [4.78, 5) is 26.8. The number of carbonyl (C=O) groups excluding carboxylic acids is 2. The number of carbonyl (C=O) groups is 2. The van der Waals surface area contributed by atoms with Gasteiger partial charge in [0, 0.05) is 18.8 Å². The molecule has 1 aromatic carbocycles. The van der Waals surface area contributed by atoms with Crippen molar-refractivity contribution in [3.8, 4) is 6.07 Å². The largest absolute Gasteiger partial charge is 0.465 e. The lowest BCUT2D eigenvalue weighted by Gasteiger charge is -2.24. The first-order valence-electron chi connectivity index (χ1n) is 9.78. The number of benzene rings is 1. The maximum atomic E-state index is 13.0. The molecular formula is C21H29N3O3S. The van der Waals surface area contributed by atoms with Crippen molar-refractivity contribution in [2.45, 2.75) is 50.7 Å². The van der Waals surface area contributed by atoms with E-state index in [1.54, 1.807) is 11.8 Å². The van der Waals surface area contributed by atoms with Gasteiger partial charge in [-0.3, -0.25) is 9.59 Å². The number of aryl methyl sites for hydroxylation is 1. The Morgan fingerprint density at radius 1 is 1.36 bits per heavy atom. The highest BCUT2D eigenvalue weighted by atomic mass is 32.2. The number of amides is 1. The number of esters is 1. The molecule has 1 aliphatic heterocycles. The molecule has 0 radical (unpaired) electrons. The first-order valence-corrected chi connectivity index (χ1v) is 10.7. The van der Waals surface area contributed by atoms with E-state index < -0.39 is 22.0 Å². The molecule has 1 saturated heterocycles. The van der Waals surface area contributed by atoms with Crippen LogP contribution in [0.5, 0.6) is 0 Å². The third kappa shape index (κ3) is 4.79. The molecular weight excluding hydrogens is 374 g/mol. The zero-order valence-electron chi connectivity index (χ0n) is 17.0. The minimum absolute atomic E-state index is 0.0651. The summed E-state index contributed by atoms with van der Waals surface area (Å²) in [5.41, 5.74) is 2.23. The normalized spacial score (nSPS) is 22.6. The van der Waals surface area contributed by atoms with Crippen molar-refractivity contribution in [2.75, 3.05) is 25.0 Å². The quantitative estimate of drug-likeness (QED) is 0.636. The summed E-state index contributed by atoms with van der Waals surface area (Å²) in [7, 11) is 0. The molecule has 7 heteroatoms. The zero-order valence-corrected chi connectivity index (χ0v) is 17.8. The first kappa shape index (κ1) is 22.1. The van der Waals surface area contributed by atoms with Crippen molar-refractivity contribution in [3.05, 3.63) is 29.8 Å². The molecule has 0 bridgehead atoms. The van der Waals surface area contributed by atoms with E-state index in [-0.39, 0.29) is 12.5 Å². The minimum Gasteiger partial charge on any atom is -0.465 e. The molecule has 1 amide bonds. The van der Waals surface area contributed by atoms with Gasteiger partial charge in [-0.1, -0.05) is 25.5 Å². The molecule has 2 unspecified atom stereocenters. The third-order valence-corrected chi connectivity index (χ3v) is 6.44. The van der Waals surface area contributed by atoms with Crippen LogP contribution in [0.1, 0.15) is 39.7 Å². The van der Waals surface area contributed by atoms with Crippen LogP contribution < -0.4 is 5.32 Å². The van der Waals surface area contributed by atoms with Gasteiger partial charge in [0.1, 0.15) is 10.1 Å². The molecule has 1 aromatic rings. The lowest BCUT2D eigenvalue weighted by atomic mass is 10.1. The SMILES string of the molecule is CCCc1ccc(NCC2(C)S[C@@H](C(C#N)C(=O)OCC)N(CC)C2=O)cc1. The van der Waals surface area contributed by atoms with E-state index in [2.05, 4.69) is 24.4 Å². The number of hydrogen-bond donors (Lipinski definition) is 1. The van der Waals surface area contributed by atoms with Crippen molar-refractivity contribution in [1.29, 1.82) is 5.26 Å². The van der Waals surface area contributed by atoms with Gasteiger partial charge in [-0.25, -0.2) is 0 Å². The zero-order chi connectivity index (χ0) is 20.7. The summed E-state index contributed by atoms with van der Waals surface area (Å²) in [6.07, 6.45) is 2.15. The van der Waals surface area contributed by atoms with E-state index in [1.807, 2.05) is 32.0 Å². The predicted molar refractivity (Wildman–Crippen MR) is 112 cm³/mol. The highest BCUT2D eigenvalue weighted by Crippen LogP contribution is 2.44. The Hall–Kier alpha value is -2.20. The van der Waals surface area contributed by atoms with Gasteiger partial charge in [0.15, 0.2) is 5.92 Å². The van der Waals surface area contributed by atoms with Gasteiger partial charge in [-0.15, -0.1) is 11.8 Å². The highest BCUT2D eigenvalue weighted by Gasteiger charge is 2.53. The van der Waals surface area contributed by atoms with Gasteiger partial charge < -0.3 is 15.0 Å². The van der Waals surface area contributed by atoms with Crippen LogP contribution >= 0.6 is 11.8 Å². The number of nitrogens with one attached hydrogen (secondary N) is 1. The summed E-state index contributed by atoms with van der Waals surface area (Å²) >= 11 is 1.36. The molecule has 6 nitrogen and oxygen atoms in total. The van der Waals surface area contributed by atoms with E-state index in [9.17, 15) is 14.9 Å². The average molecular weight is 404 g/mol. The molecule has 1 aliphatic rings. The number of nitrogens with zero attached hydrogens (tertiary/aromatic N) is 2. The summed E-state index contributed by atoms with van der Waals surface area (Å²) < 4.78 is 4.28. The van der Waals surface area contributed by atoms with Crippen molar-refractivity contribution < 1.29 is 14.3 Å². The fraction of sp³-hybridized carbons (Fsp3) is 0.571. The van der Waals surface area contributed by atoms with Crippen LogP contribution in [0.15, 0.2) is 24.3 Å². The molecule has 0 aromatic heterocycles. The second kappa shape index (κ2) is 9.83. The molecule has 152 valence electrons. The minimum atomic E-state index is -0.996. The Bertz CT molecular complexity index is 731. The smallest absolute Gasteiger partial charge is 0.326 e. The number of hydrogen-bond acceptors (Lipinski definition) is 6. The summed E-state index contributed by atoms with van der Waals surface area (Å²) in [5.74, 6) is -1.63. The van der Waals surface area contributed by atoms with Gasteiger partial charge in [-0.2, -0.15) is 5.26 Å². The number of rotatable bonds is 9. The monoisotopic (exact) mass is 403 g/mol. The third-order valence-electron chi connectivity index (χ3n) is 4.83. The molecule has 1 heterocycles. The topological polar surface area (TPSA) is 82.4 Å². The number of nitriles is 1. The Kier molecular flexibility index (Phi) is 7.76. The summed E-state index contributed by atoms with van der Waals surface area (Å²) in [6.45, 7) is 8.64. The van der Waals surface area contributed by atoms with Crippen molar-refractivity contribution >= 4 is 29.3 Å². The molecule has 0 aliphatic carbocycles. The number of anilines is 1. The van der Waals surface area contributed by atoms with Crippen LogP contribution in [0.3, 0.4) is 0 Å². The average Bonchev–Trinajstić information content (AvgIpc) is 2.93. The number of thioether (sulfide) groups is 1. The Morgan fingerprint density at radius 3 is 2.57 bits per heavy atom. The summed E-state index contributed by atoms with van der Waals surface area (Å²) in [6, 6.07) is 10.2. The van der Waals surface area contributed by atoms with Gasteiger partial charge >= 0.3 is 5.97 Å². The van der Waals surface area contributed by atoms with Gasteiger partial charge in [0.25, 0.3) is 0 Å². The Labute approximate surface area is 171 Å². The lowest BCUT2D eigenvalue weighted by Crippen LogP contribution is -2.44. The van der Waals surface area contributed by atoms with Crippen LogP contribution in [-0.2, 0) is 20.7 Å². The molecule has 2 rings (SSSR count). The standard InChI is InChI=1S/C21H29N3O3S/c1-5-8-15-9-11-16(12-10-15)23-14-21(4)20(26)24(6-2)18(28-21)17(13-22)19(25)27-7-3/h9-12,17-18,23H,5-8,14H2,1-4H3/t17?,18-,21?/m0/s1. The lowest BCUT2D eigenvalue weighted by molar-refractivity contribution is -0.147. The van der Waals surface area contributed by atoms with Crippen LogP contribution in [0.2, 0.25) is 0 Å². The van der Waals surface area contributed by atoms with E-state index >= 15 is 0 Å². The second-order valence-electron chi connectivity index (χ2n) is 6.99. The van der Waals surface area contributed by atoms with Crippen molar-refractivity contribution in [3.63, 3.8) is 0 Å². The Morgan fingerprint density at radius 2 is 2.04 bits per heavy atom. The van der Waals surface area contributed by atoms with Crippen LogP contribution in [-0.4, -0.2) is 46.6 Å². The second-order valence-corrected chi connectivity index (χ2v) is 8.61. The number of ether oxygens (including phenoxy) is 1. The van der Waals surface area contributed by atoms with Crippen molar-refractivity contribution in [1.82, 2.24) is 4.90 Å². The maximum absolute atomic E-state index is 13.0. The van der Waals surface area contributed by atoms with Crippen LogP contribution in [0.25, 0.3) is 0 Å². The molecule has 1 N–H and O–H groups in total. The molecule has 0 saturated carbocycles. The molecule has 0 spiro atoms. The maximum Gasteiger partial charge on any atom is 0.326 e. The molecule has 28 heavy (non-hydrogen) atoms. The van der Waals surface area contributed by atoms with E-state index in [0.717, 1.165) is 18.5 Å². The first-order chi connectivity index (χ1) is 13.4. The van der Waals surface area contributed by atoms with Gasteiger partial charge in [-0.05, 0) is 44.9 Å². The van der Waals surface area contributed by atoms with E-state index in [1.165, 1.54) is 17.3 Å².